The molecule has 253 valence electrons. The zero-order valence-corrected chi connectivity index (χ0v) is 32.3. The molecule has 0 N–H and O–H groups in total. The van der Waals surface area contributed by atoms with Crippen LogP contribution in [0.1, 0.15) is 58.2 Å². The molecule has 7 aromatic rings. The molecule has 3 aromatic heterocycles. The topological polar surface area (TPSA) is 38.7 Å². The summed E-state index contributed by atoms with van der Waals surface area (Å²) in [5.74, 6) is 0. The zero-order valence-electron chi connectivity index (χ0n) is 29.9. The number of hydrogen-bond donors (Lipinski definition) is 0. The number of hydrogen-bond acceptors (Lipinski definition) is 3. The molecule has 0 fully saturated rings. The SMILES string of the molecule is CC(C)(C)c1cccc(-c2ccc(-c3cc[c-]c(-c4cc(C(C)(C)C)ccn4)c3)c3cnccc23)c1.Cc1ccnc(-c2[c-]cccc2)c1.[Ir]. The van der Waals surface area contributed by atoms with Gasteiger partial charge in [-0.3, -0.25) is 4.98 Å². The predicted octanol–water partition coefficient (Wildman–Crippen LogP) is 11.9. The average Bonchev–Trinajstić information content (AvgIpc) is 3.11. The first kappa shape index (κ1) is 36.5. The molecule has 4 aromatic carbocycles. The van der Waals surface area contributed by atoms with Crippen molar-refractivity contribution in [3.05, 3.63) is 163 Å². The van der Waals surface area contributed by atoms with Crippen LogP contribution in [0.3, 0.4) is 0 Å². The van der Waals surface area contributed by atoms with Crippen LogP contribution in [0.2, 0.25) is 0 Å². The number of fused-ring (bicyclic) bond motifs is 1. The molecular formula is C46H43IrN3-2. The molecule has 0 saturated carbocycles. The monoisotopic (exact) mass is 830 g/mol. The van der Waals surface area contributed by atoms with Crippen LogP contribution < -0.4 is 0 Å². The molecule has 4 heteroatoms. The van der Waals surface area contributed by atoms with E-state index in [9.17, 15) is 0 Å². The Kier molecular flexibility index (Phi) is 11.3. The number of pyridine rings is 3. The molecule has 0 saturated heterocycles. The van der Waals surface area contributed by atoms with E-state index in [1.54, 1.807) is 0 Å². The Morgan fingerprint density at radius 3 is 1.88 bits per heavy atom. The fourth-order valence-corrected chi connectivity index (χ4v) is 5.91. The third kappa shape index (κ3) is 8.51. The fraction of sp³-hybridized carbons (Fsp3) is 0.196. The van der Waals surface area contributed by atoms with Gasteiger partial charge in [-0.15, -0.1) is 71.3 Å². The summed E-state index contributed by atoms with van der Waals surface area (Å²) in [6.07, 6.45) is 7.59. The predicted molar refractivity (Wildman–Crippen MR) is 205 cm³/mol. The van der Waals surface area contributed by atoms with Gasteiger partial charge in [0.2, 0.25) is 0 Å². The number of nitrogens with zero attached hydrogens (tertiary/aromatic N) is 3. The van der Waals surface area contributed by atoms with Gasteiger partial charge < -0.3 is 9.97 Å². The second-order valence-corrected chi connectivity index (χ2v) is 14.6. The first-order valence-corrected chi connectivity index (χ1v) is 16.8. The van der Waals surface area contributed by atoms with Gasteiger partial charge in [-0.1, -0.05) is 95.6 Å². The Morgan fingerprint density at radius 1 is 0.520 bits per heavy atom. The second kappa shape index (κ2) is 15.4. The van der Waals surface area contributed by atoms with E-state index in [1.807, 2.05) is 61.2 Å². The Labute approximate surface area is 311 Å². The van der Waals surface area contributed by atoms with Gasteiger partial charge in [0.25, 0.3) is 0 Å². The molecule has 3 nitrogen and oxygen atoms in total. The fourth-order valence-electron chi connectivity index (χ4n) is 5.91. The van der Waals surface area contributed by atoms with Crippen LogP contribution in [0.4, 0.5) is 0 Å². The molecule has 0 unspecified atom stereocenters. The zero-order chi connectivity index (χ0) is 34.6. The van der Waals surface area contributed by atoms with Gasteiger partial charge in [0, 0.05) is 50.3 Å². The largest absolute Gasteiger partial charge is 0.305 e. The first-order chi connectivity index (χ1) is 23.5. The standard InChI is InChI=1S/C34H33N2.C12H10N.Ir/c1-33(2,3)26-12-8-10-24(20-26)28-13-14-29(31-22-35-17-16-30(28)31)23-9-7-11-25(19-23)32-21-27(15-18-36-32)34(4,5)6;1-10-7-8-13-12(9-10)11-5-3-2-4-6-11;/h7-10,12-22H,1-6H3;2-5,7-9H,1H3;/q2*-1;. The third-order valence-electron chi connectivity index (χ3n) is 8.77. The summed E-state index contributed by atoms with van der Waals surface area (Å²) < 4.78 is 0. The Bertz CT molecular complexity index is 2210. The van der Waals surface area contributed by atoms with Crippen LogP contribution in [0.25, 0.3) is 55.5 Å². The minimum Gasteiger partial charge on any atom is -0.305 e. The van der Waals surface area contributed by atoms with Gasteiger partial charge in [0.1, 0.15) is 0 Å². The molecule has 0 amide bonds. The van der Waals surface area contributed by atoms with E-state index < -0.39 is 0 Å². The summed E-state index contributed by atoms with van der Waals surface area (Å²) in [5, 5.41) is 2.35. The van der Waals surface area contributed by atoms with E-state index in [0.29, 0.717) is 0 Å². The first-order valence-electron chi connectivity index (χ1n) is 16.8. The minimum atomic E-state index is 0. The maximum absolute atomic E-state index is 4.66. The van der Waals surface area contributed by atoms with Crippen molar-refractivity contribution in [3.8, 4) is 44.8 Å². The van der Waals surface area contributed by atoms with E-state index in [1.165, 1.54) is 33.2 Å². The summed E-state index contributed by atoms with van der Waals surface area (Å²) in [4.78, 5) is 13.4. The average molecular weight is 830 g/mol. The summed E-state index contributed by atoms with van der Waals surface area (Å²) in [6, 6.07) is 44.6. The molecule has 50 heavy (non-hydrogen) atoms. The van der Waals surface area contributed by atoms with Crippen LogP contribution in [0.15, 0.2) is 134 Å². The number of aromatic nitrogens is 3. The number of aryl methyl sites for hydroxylation is 1. The van der Waals surface area contributed by atoms with Crippen molar-refractivity contribution < 1.29 is 20.1 Å². The van der Waals surface area contributed by atoms with E-state index in [2.05, 4.69) is 148 Å². The molecular weight excluding hydrogens is 787 g/mol. The second-order valence-electron chi connectivity index (χ2n) is 14.6. The summed E-state index contributed by atoms with van der Waals surface area (Å²) >= 11 is 0. The smallest absolute Gasteiger partial charge is 0.0352 e. The van der Waals surface area contributed by atoms with E-state index >= 15 is 0 Å². The van der Waals surface area contributed by atoms with Gasteiger partial charge >= 0.3 is 0 Å². The molecule has 0 bridgehead atoms. The molecule has 0 atom stereocenters. The van der Waals surface area contributed by atoms with Gasteiger partial charge in [-0.2, -0.15) is 0 Å². The van der Waals surface area contributed by atoms with Crippen molar-refractivity contribution >= 4 is 10.8 Å². The quantitative estimate of drug-likeness (QED) is 0.166. The molecule has 0 aliphatic rings. The maximum Gasteiger partial charge on any atom is 0.0352 e. The Hall–Kier alpha value is -4.76. The third-order valence-corrected chi connectivity index (χ3v) is 8.77. The molecule has 7 rings (SSSR count). The molecule has 1 radical (unpaired) electrons. The van der Waals surface area contributed by atoms with E-state index in [-0.39, 0.29) is 30.9 Å². The Balaban J connectivity index is 0.000000291. The number of benzene rings is 4. The van der Waals surface area contributed by atoms with Crippen LogP contribution in [-0.2, 0) is 30.9 Å². The van der Waals surface area contributed by atoms with E-state index in [0.717, 1.165) is 39.0 Å². The van der Waals surface area contributed by atoms with Gasteiger partial charge in [0.15, 0.2) is 0 Å². The minimum absolute atomic E-state index is 0. The van der Waals surface area contributed by atoms with Gasteiger partial charge in [-0.25, -0.2) is 0 Å². The summed E-state index contributed by atoms with van der Waals surface area (Å²) in [5.41, 5.74) is 12.7. The van der Waals surface area contributed by atoms with Crippen LogP contribution >= 0.6 is 0 Å². The molecule has 0 spiro atoms. The van der Waals surface area contributed by atoms with E-state index in [4.69, 9.17) is 0 Å². The normalized spacial score (nSPS) is 11.3. The summed E-state index contributed by atoms with van der Waals surface area (Å²) in [6.45, 7) is 15.5. The van der Waals surface area contributed by atoms with Crippen LogP contribution in [0, 0.1) is 19.1 Å². The van der Waals surface area contributed by atoms with Gasteiger partial charge in [-0.05, 0) is 80.5 Å². The molecule has 0 aliphatic carbocycles. The van der Waals surface area contributed by atoms with Gasteiger partial charge in [0.05, 0.1) is 0 Å². The van der Waals surface area contributed by atoms with Crippen molar-refractivity contribution in [1.29, 1.82) is 0 Å². The van der Waals surface area contributed by atoms with Crippen molar-refractivity contribution in [2.24, 2.45) is 0 Å². The summed E-state index contributed by atoms with van der Waals surface area (Å²) in [7, 11) is 0. The van der Waals surface area contributed by atoms with Crippen LogP contribution in [0.5, 0.6) is 0 Å². The Morgan fingerprint density at radius 2 is 1.18 bits per heavy atom. The van der Waals surface area contributed by atoms with Crippen molar-refractivity contribution in [3.63, 3.8) is 0 Å². The van der Waals surface area contributed by atoms with Crippen molar-refractivity contribution in [2.45, 2.75) is 59.3 Å². The molecule has 3 heterocycles. The molecule has 0 aliphatic heterocycles. The maximum atomic E-state index is 4.66. The number of rotatable bonds is 4. The van der Waals surface area contributed by atoms with Crippen molar-refractivity contribution in [1.82, 2.24) is 15.0 Å². The van der Waals surface area contributed by atoms with Crippen molar-refractivity contribution in [2.75, 3.05) is 0 Å². The van der Waals surface area contributed by atoms with Crippen LogP contribution in [-0.4, -0.2) is 15.0 Å².